The van der Waals surface area contributed by atoms with E-state index >= 15 is 0 Å². The summed E-state index contributed by atoms with van der Waals surface area (Å²) in [7, 11) is 0. The second-order valence-corrected chi connectivity index (χ2v) is 4.15. The van der Waals surface area contributed by atoms with Crippen molar-refractivity contribution >= 4 is 5.91 Å². The standard InChI is InChI=1S/C13H18N2O2/c14-7-8-15-10-12(17-9-6-13(15)16)11-4-2-1-3-5-11/h1-5,12H,6-10,14H2. The third-order valence-electron chi connectivity index (χ3n) is 2.94. The smallest absolute Gasteiger partial charge is 0.225 e. The van der Waals surface area contributed by atoms with E-state index in [1.54, 1.807) is 4.90 Å². The van der Waals surface area contributed by atoms with Crippen LogP contribution in [0.1, 0.15) is 18.1 Å². The highest BCUT2D eigenvalue weighted by atomic mass is 16.5. The quantitative estimate of drug-likeness (QED) is 0.846. The highest BCUT2D eigenvalue weighted by Gasteiger charge is 2.24. The molecule has 2 N–H and O–H groups in total. The molecule has 0 radical (unpaired) electrons. The van der Waals surface area contributed by atoms with Crippen LogP contribution in [0, 0.1) is 0 Å². The number of nitrogens with zero attached hydrogens (tertiary/aromatic N) is 1. The van der Waals surface area contributed by atoms with E-state index in [2.05, 4.69) is 0 Å². The molecule has 2 rings (SSSR count). The molecule has 0 spiro atoms. The van der Waals surface area contributed by atoms with Gasteiger partial charge in [-0.1, -0.05) is 30.3 Å². The largest absolute Gasteiger partial charge is 0.371 e. The predicted molar refractivity (Wildman–Crippen MR) is 65.4 cm³/mol. The van der Waals surface area contributed by atoms with Crippen LogP contribution < -0.4 is 5.73 Å². The lowest BCUT2D eigenvalue weighted by atomic mass is 10.1. The van der Waals surface area contributed by atoms with Crippen LogP contribution in [0.15, 0.2) is 30.3 Å². The molecule has 1 unspecified atom stereocenters. The van der Waals surface area contributed by atoms with Gasteiger partial charge in [0.05, 0.1) is 19.6 Å². The minimum absolute atomic E-state index is 0.0331. The number of benzene rings is 1. The van der Waals surface area contributed by atoms with Gasteiger partial charge in [0.2, 0.25) is 5.91 Å². The topological polar surface area (TPSA) is 55.6 Å². The summed E-state index contributed by atoms with van der Waals surface area (Å²) in [6, 6.07) is 10.0. The molecule has 17 heavy (non-hydrogen) atoms. The Morgan fingerprint density at radius 1 is 1.35 bits per heavy atom. The summed E-state index contributed by atoms with van der Waals surface area (Å²) in [6.45, 7) is 2.18. The molecule has 1 atom stereocenters. The van der Waals surface area contributed by atoms with Gasteiger partial charge in [0.1, 0.15) is 6.10 Å². The fourth-order valence-corrected chi connectivity index (χ4v) is 2.04. The minimum atomic E-state index is -0.0331. The first-order chi connectivity index (χ1) is 8.31. The third-order valence-corrected chi connectivity index (χ3v) is 2.94. The maximum atomic E-state index is 11.8. The summed E-state index contributed by atoms with van der Waals surface area (Å²) in [4.78, 5) is 13.6. The Labute approximate surface area is 101 Å². The van der Waals surface area contributed by atoms with Crippen molar-refractivity contribution in [3.05, 3.63) is 35.9 Å². The highest BCUT2D eigenvalue weighted by molar-refractivity contribution is 5.76. The number of amides is 1. The van der Waals surface area contributed by atoms with Crippen molar-refractivity contribution in [2.24, 2.45) is 5.73 Å². The fourth-order valence-electron chi connectivity index (χ4n) is 2.04. The van der Waals surface area contributed by atoms with Crippen molar-refractivity contribution in [3.63, 3.8) is 0 Å². The van der Waals surface area contributed by atoms with Crippen LogP contribution in [0.25, 0.3) is 0 Å². The summed E-state index contributed by atoms with van der Waals surface area (Å²) in [5.74, 6) is 0.133. The second-order valence-electron chi connectivity index (χ2n) is 4.15. The van der Waals surface area contributed by atoms with Gasteiger partial charge in [-0.05, 0) is 5.56 Å². The van der Waals surface area contributed by atoms with Crippen molar-refractivity contribution in [2.75, 3.05) is 26.2 Å². The van der Waals surface area contributed by atoms with Crippen LogP contribution in [0.5, 0.6) is 0 Å². The lowest BCUT2D eigenvalue weighted by Crippen LogP contribution is -2.36. The van der Waals surface area contributed by atoms with Gasteiger partial charge < -0.3 is 15.4 Å². The maximum Gasteiger partial charge on any atom is 0.225 e. The average Bonchev–Trinajstić information content (AvgIpc) is 2.54. The van der Waals surface area contributed by atoms with Crippen molar-refractivity contribution in [1.29, 1.82) is 0 Å². The lowest BCUT2D eigenvalue weighted by Gasteiger charge is -2.23. The molecular formula is C13H18N2O2. The molecular weight excluding hydrogens is 216 g/mol. The Morgan fingerprint density at radius 3 is 2.82 bits per heavy atom. The van der Waals surface area contributed by atoms with E-state index in [1.807, 2.05) is 30.3 Å². The summed E-state index contributed by atoms with van der Waals surface area (Å²) in [6.07, 6.45) is 0.415. The maximum absolute atomic E-state index is 11.8. The molecule has 4 heteroatoms. The number of rotatable bonds is 3. The van der Waals surface area contributed by atoms with Gasteiger partial charge in [0.15, 0.2) is 0 Å². The molecule has 0 bridgehead atoms. The average molecular weight is 234 g/mol. The summed E-state index contributed by atoms with van der Waals surface area (Å²) in [5, 5.41) is 0. The van der Waals surface area contributed by atoms with E-state index < -0.39 is 0 Å². The van der Waals surface area contributed by atoms with E-state index in [9.17, 15) is 4.79 Å². The molecule has 1 aliphatic rings. The first-order valence-corrected chi connectivity index (χ1v) is 5.95. The molecule has 1 saturated heterocycles. The van der Waals surface area contributed by atoms with E-state index in [0.717, 1.165) is 5.56 Å². The third kappa shape index (κ3) is 3.05. The summed E-state index contributed by atoms with van der Waals surface area (Å²) >= 11 is 0. The number of hydrogen-bond donors (Lipinski definition) is 1. The Bertz CT molecular complexity index is 367. The summed E-state index contributed by atoms with van der Waals surface area (Å²) in [5.41, 5.74) is 6.64. The molecule has 0 aliphatic carbocycles. The fraction of sp³-hybridized carbons (Fsp3) is 0.462. The van der Waals surface area contributed by atoms with Crippen molar-refractivity contribution < 1.29 is 9.53 Å². The molecule has 4 nitrogen and oxygen atoms in total. The van der Waals surface area contributed by atoms with Crippen LogP contribution in [-0.2, 0) is 9.53 Å². The zero-order chi connectivity index (χ0) is 12.1. The number of hydrogen-bond acceptors (Lipinski definition) is 3. The molecule has 1 amide bonds. The van der Waals surface area contributed by atoms with Crippen LogP contribution in [0.4, 0.5) is 0 Å². The Morgan fingerprint density at radius 2 is 2.12 bits per heavy atom. The van der Waals surface area contributed by atoms with Gasteiger partial charge in [-0.2, -0.15) is 0 Å². The van der Waals surface area contributed by atoms with Gasteiger partial charge in [0, 0.05) is 13.1 Å². The molecule has 1 fully saturated rings. The van der Waals surface area contributed by atoms with Crippen LogP contribution in [0.2, 0.25) is 0 Å². The van der Waals surface area contributed by atoms with E-state index in [-0.39, 0.29) is 12.0 Å². The number of carbonyl (C=O) groups is 1. The Hall–Kier alpha value is -1.39. The number of carbonyl (C=O) groups excluding carboxylic acids is 1. The molecule has 1 heterocycles. The zero-order valence-corrected chi connectivity index (χ0v) is 9.84. The number of ether oxygens (including phenoxy) is 1. The van der Waals surface area contributed by atoms with Gasteiger partial charge in [-0.15, -0.1) is 0 Å². The van der Waals surface area contributed by atoms with E-state index in [4.69, 9.17) is 10.5 Å². The summed E-state index contributed by atoms with van der Waals surface area (Å²) < 4.78 is 5.73. The normalized spacial score (nSPS) is 21.4. The van der Waals surface area contributed by atoms with Crippen LogP contribution in [0.3, 0.4) is 0 Å². The Kier molecular flexibility index (Phi) is 4.12. The molecule has 1 aliphatic heterocycles. The van der Waals surface area contributed by atoms with Crippen LogP contribution in [-0.4, -0.2) is 37.0 Å². The molecule has 1 aromatic rings. The Balaban J connectivity index is 2.11. The molecule has 92 valence electrons. The van der Waals surface area contributed by atoms with Crippen molar-refractivity contribution in [3.8, 4) is 0 Å². The monoisotopic (exact) mass is 234 g/mol. The van der Waals surface area contributed by atoms with E-state index in [1.165, 1.54) is 0 Å². The van der Waals surface area contributed by atoms with Crippen LogP contribution >= 0.6 is 0 Å². The highest BCUT2D eigenvalue weighted by Crippen LogP contribution is 2.21. The van der Waals surface area contributed by atoms with Gasteiger partial charge in [0.25, 0.3) is 0 Å². The van der Waals surface area contributed by atoms with E-state index in [0.29, 0.717) is 32.7 Å². The van der Waals surface area contributed by atoms with Gasteiger partial charge in [-0.25, -0.2) is 0 Å². The minimum Gasteiger partial charge on any atom is -0.371 e. The van der Waals surface area contributed by atoms with Gasteiger partial charge in [-0.3, -0.25) is 4.79 Å². The first-order valence-electron chi connectivity index (χ1n) is 5.95. The predicted octanol–water partition coefficient (Wildman–Crippen LogP) is 0.935. The SMILES string of the molecule is NCCN1CC(c2ccccc2)OCCC1=O. The van der Waals surface area contributed by atoms with Crippen molar-refractivity contribution in [2.45, 2.75) is 12.5 Å². The first kappa shape index (κ1) is 12.1. The lowest BCUT2D eigenvalue weighted by molar-refractivity contribution is -0.130. The zero-order valence-electron chi connectivity index (χ0n) is 9.84. The van der Waals surface area contributed by atoms with Crippen molar-refractivity contribution in [1.82, 2.24) is 4.90 Å². The molecule has 0 saturated carbocycles. The van der Waals surface area contributed by atoms with Gasteiger partial charge >= 0.3 is 0 Å². The molecule has 1 aromatic carbocycles. The second kappa shape index (κ2) is 5.80. The number of nitrogens with two attached hydrogens (primary N) is 1. The molecule has 0 aromatic heterocycles.